The fourth-order valence-corrected chi connectivity index (χ4v) is 6.46. The lowest BCUT2D eigenvalue weighted by molar-refractivity contribution is 0.580. The number of rotatable bonds is 5. The van der Waals surface area contributed by atoms with E-state index in [-0.39, 0.29) is 0 Å². The molecule has 0 aliphatic carbocycles. The Morgan fingerprint density at radius 1 is 0.975 bits per heavy atom. The lowest BCUT2D eigenvalue weighted by Crippen LogP contribution is -2.43. The molecule has 6 aromatic rings. The first-order chi connectivity index (χ1) is 19.7. The van der Waals surface area contributed by atoms with Crippen LogP contribution >= 0.6 is 0 Å². The van der Waals surface area contributed by atoms with Gasteiger partial charge in [0, 0.05) is 85.7 Å². The molecule has 2 atom stereocenters. The molecule has 9 heteroatoms. The van der Waals surface area contributed by atoms with Crippen LogP contribution in [0.4, 0.5) is 11.4 Å². The van der Waals surface area contributed by atoms with E-state index in [0.29, 0.717) is 12.1 Å². The summed E-state index contributed by atoms with van der Waals surface area (Å²) >= 11 is 0. The van der Waals surface area contributed by atoms with Crippen molar-refractivity contribution in [1.29, 1.82) is 0 Å². The van der Waals surface area contributed by atoms with Crippen LogP contribution in [0.3, 0.4) is 0 Å². The second-order valence-electron chi connectivity index (χ2n) is 10.9. The molecule has 2 bridgehead atoms. The van der Waals surface area contributed by atoms with E-state index < -0.39 is 0 Å². The lowest BCUT2D eigenvalue weighted by atomic mass is 9.99. The highest BCUT2D eigenvalue weighted by Crippen LogP contribution is 2.41. The zero-order valence-electron chi connectivity index (χ0n) is 22.4. The van der Waals surface area contributed by atoms with Crippen LogP contribution in [0.5, 0.6) is 0 Å². The van der Waals surface area contributed by atoms with Crippen molar-refractivity contribution in [3.8, 4) is 33.6 Å². The molecular formula is C31H29N9. The molecule has 0 radical (unpaired) electrons. The van der Waals surface area contributed by atoms with Crippen molar-refractivity contribution in [2.24, 2.45) is 0 Å². The van der Waals surface area contributed by atoms with Crippen LogP contribution in [0.2, 0.25) is 0 Å². The molecule has 8 rings (SSSR count). The normalized spacial score (nSPS) is 18.3. The van der Waals surface area contributed by atoms with E-state index in [4.69, 9.17) is 10.1 Å². The third kappa shape index (κ3) is 3.51. The highest BCUT2D eigenvalue weighted by molar-refractivity contribution is 6.03. The van der Waals surface area contributed by atoms with Crippen molar-refractivity contribution < 1.29 is 0 Å². The van der Waals surface area contributed by atoms with E-state index >= 15 is 0 Å². The number of nitrogens with one attached hydrogen (secondary N) is 2. The maximum Gasteiger partial charge on any atom is 0.164 e. The minimum atomic E-state index is 0.570. The molecule has 9 nitrogen and oxygen atoms in total. The van der Waals surface area contributed by atoms with Crippen LogP contribution in [-0.4, -0.2) is 69.0 Å². The zero-order chi connectivity index (χ0) is 26.8. The molecule has 4 aromatic heterocycles. The smallest absolute Gasteiger partial charge is 0.164 e. The van der Waals surface area contributed by atoms with Crippen molar-refractivity contribution in [3.63, 3.8) is 0 Å². The molecule has 0 spiro atoms. The van der Waals surface area contributed by atoms with Gasteiger partial charge < -0.3 is 15.1 Å². The van der Waals surface area contributed by atoms with Gasteiger partial charge in [-0.2, -0.15) is 10.2 Å². The number of hydrogen-bond donors (Lipinski definition) is 2. The van der Waals surface area contributed by atoms with Gasteiger partial charge in [-0.1, -0.05) is 12.1 Å². The zero-order valence-corrected chi connectivity index (χ0v) is 22.4. The molecule has 2 aliphatic heterocycles. The van der Waals surface area contributed by atoms with Crippen molar-refractivity contribution >= 4 is 27.9 Å². The first-order valence-electron chi connectivity index (χ1n) is 13.7. The topological polar surface area (TPSA) is 90.3 Å². The van der Waals surface area contributed by atoms with E-state index in [1.165, 1.54) is 12.1 Å². The third-order valence-electron chi connectivity index (χ3n) is 8.35. The lowest BCUT2D eigenvalue weighted by Gasteiger charge is -2.31. The van der Waals surface area contributed by atoms with Gasteiger partial charge in [0.2, 0.25) is 0 Å². The van der Waals surface area contributed by atoms with Crippen LogP contribution in [0, 0.1) is 0 Å². The highest BCUT2D eigenvalue weighted by Gasteiger charge is 2.37. The predicted molar refractivity (Wildman–Crippen MR) is 159 cm³/mol. The SMILES string of the molecule is CN(C)c1cc(N2CC3CC2CN3)ccc1-c1ccnc2c(-c3cccc4[nH]ncc34)c(-c3ccncc3)nn12. The van der Waals surface area contributed by atoms with Crippen LogP contribution in [0.1, 0.15) is 6.42 Å². The average molecular weight is 528 g/mol. The Hall–Kier alpha value is -4.76. The molecule has 2 aromatic carbocycles. The van der Waals surface area contributed by atoms with E-state index in [1.807, 2.05) is 41.2 Å². The number of hydrogen-bond acceptors (Lipinski definition) is 7. The second-order valence-corrected chi connectivity index (χ2v) is 10.9. The summed E-state index contributed by atoms with van der Waals surface area (Å²) in [6, 6.07) is 20.2. The van der Waals surface area contributed by atoms with Gasteiger partial charge in [-0.05, 0) is 54.4 Å². The summed E-state index contributed by atoms with van der Waals surface area (Å²) in [5.74, 6) is 0. The number of pyridine rings is 1. The number of fused-ring (bicyclic) bond motifs is 4. The summed E-state index contributed by atoms with van der Waals surface area (Å²) in [5.41, 5.74) is 10.2. The van der Waals surface area contributed by atoms with Crippen molar-refractivity contribution in [3.05, 3.63) is 79.4 Å². The molecule has 6 heterocycles. The predicted octanol–water partition coefficient (Wildman–Crippen LogP) is 4.62. The van der Waals surface area contributed by atoms with Gasteiger partial charge in [-0.15, -0.1) is 0 Å². The van der Waals surface area contributed by atoms with Gasteiger partial charge in [-0.25, -0.2) is 9.50 Å². The van der Waals surface area contributed by atoms with E-state index in [9.17, 15) is 0 Å². The molecule has 198 valence electrons. The molecule has 0 amide bonds. The van der Waals surface area contributed by atoms with Crippen molar-refractivity contribution in [2.75, 3.05) is 37.0 Å². The molecular weight excluding hydrogens is 498 g/mol. The maximum absolute atomic E-state index is 5.22. The van der Waals surface area contributed by atoms with E-state index in [1.54, 1.807) is 12.4 Å². The largest absolute Gasteiger partial charge is 0.377 e. The number of nitrogens with zero attached hydrogens (tertiary/aromatic N) is 7. The summed E-state index contributed by atoms with van der Waals surface area (Å²) in [6.45, 7) is 2.12. The van der Waals surface area contributed by atoms with E-state index in [0.717, 1.165) is 69.0 Å². The molecule has 40 heavy (non-hydrogen) atoms. The van der Waals surface area contributed by atoms with Crippen LogP contribution in [-0.2, 0) is 0 Å². The maximum atomic E-state index is 5.22. The summed E-state index contributed by atoms with van der Waals surface area (Å²) in [6.07, 6.45) is 8.60. The highest BCUT2D eigenvalue weighted by atomic mass is 15.3. The molecule has 2 saturated heterocycles. The summed E-state index contributed by atoms with van der Waals surface area (Å²) in [5, 5.41) is 17.3. The Balaban J connectivity index is 1.35. The van der Waals surface area contributed by atoms with Gasteiger partial charge >= 0.3 is 0 Å². The monoisotopic (exact) mass is 527 g/mol. The molecule has 0 saturated carbocycles. The Kier molecular flexibility index (Phi) is 5.15. The third-order valence-corrected chi connectivity index (χ3v) is 8.35. The number of H-pyrrole nitrogens is 1. The van der Waals surface area contributed by atoms with Gasteiger partial charge in [0.25, 0.3) is 0 Å². The summed E-state index contributed by atoms with van der Waals surface area (Å²) in [7, 11) is 4.21. The minimum Gasteiger partial charge on any atom is -0.377 e. The Morgan fingerprint density at radius 2 is 1.88 bits per heavy atom. The first-order valence-corrected chi connectivity index (χ1v) is 13.7. The minimum absolute atomic E-state index is 0.570. The van der Waals surface area contributed by atoms with Gasteiger partial charge in [-0.3, -0.25) is 10.1 Å². The number of benzene rings is 2. The van der Waals surface area contributed by atoms with Gasteiger partial charge in [0.1, 0.15) is 5.69 Å². The number of anilines is 2. The Morgan fingerprint density at radius 3 is 2.67 bits per heavy atom. The van der Waals surface area contributed by atoms with Gasteiger partial charge in [0.15, 0.2) is 5.65 Å². The van der Waals surface area contributed by atoms with E-state index in [2.05, 4.69) is 74.7 Å². The Labute approximate surface area is 231 Å². The summed E-state index contributed by atoms with van der Waals surface area (Å²) < 4.78 is 1.99. The standard InChI is InChI=1S/C31H29N9/c1-38(2)28-15-21(39-18-20-14-22(39)16-34-20)6-7-24(28)27-10-13-33-31-29(23-4-3-5-26-25(23)17-35-36-26)30(37-40(27)31)19-8-11-32-12-9-19/h3-13,15,17,20,22,34H,14,16,18H2,1-2H3,(H,35,36). The van der Waals surface area contributed by atoms with Crippen LogP contribution < -0.4 is 15.1 Å². The fourth-order valence-electron chi connectivity index (χ4n) is 6.46. The van der Waals surface area contributed by atoms with Crippen molar-refractivity contribution in [2.45, 2.75) is 18.5 Å². The molecule has 2 unspecified atom stereocenters. The van der Waals surface area contributed by atoms with Crippen LogP contribution in [0.15, 0.2) is 79.4 Å². The van der Waals surface area contributed by atoms with Gasteiger partial charge in [0.05, 0.1) is 23.0 Å². The quantitative estimate of drug-likeness (QED) is 0.338. The summed E-state index contributed by atoms with van der Waals surface area (Å²) in [4.78, 5) is 13.9. The number of aromatic nitrogens is 6. The second kappa shape index (κ2) is 8.89. The number of aromatic amines is 1. The fraction of sp³-hybridized carbons (Fsp3) is 0.226. The Bertz CT molecular complexity index is 1870. The molecule has 2 N–H and O–H groups in total. The first kappa shape index (κ1) is 23.2. The van der Waals surface area contributed by atoms with Crippen molar-refractivity contribution in [1.82, 2.24) is 35.1 Å². The van der Waals surface area contributed by atoms with Crippen LogP contribution in [0.25, 0.3) is 50.2 Å². The average Bonchev–Trinajstić information content (AvgIpc) is 3.80. The molecule has 2 fully saturated rings. The molecule has 2 aliphatic rings. The number of piperazine rings is 1.